The Morgan fingerprint density at radius 1 is 1.71 bits per heavy atom. The second-order valence-electron chi connectivity index (χ2n) is 3.23. The van der Waals surface area contributed by atoms with Gasteiger partial charge in [0.05, 0.1) is 12.7 Å². The molecule has 0 saturated carbocycles. The lowest BCUT2D eigenvalue weighted by molar-refractivity contribution is -0.143. The van der Waals surface area contributed by atoms with Crippen molar-refractivity contribution in [1.29, 1.82) is 0 Å². The number of ether oxygens (including phenoxy) is 1. The summed E-state index contributed by atoms with van der Waals surface area (Å²) in [6, 6.07) is 0. The maximum atomic E-state index is 11.0. The van der Waals surface area contributed by atoms with E-state index in [9.17, 15) is 9.90 Å². The van der Waals surface area contributed by atoms with Crippen molar-refractivity contribution in [2.75, 3.05) is 6.61 Å². The molecule has 0 aromatic rings. The molecule has 0 heterocycles. The van der Waals surface area contributed by atoms with Gasteiger partial charge in [-0.2, -0.15) is 0 Å². The van der Waals surface area contributed by atoms with Gasteiger partial charge in [0, 0.05) is 6.42 Å². The van der Waals surface area contributed by atoms with Crippen LogP contribution in [-0.4, -0.2) is 23.8 Å². The lowest BCUT2D eigenvalue weighted by Crippen LogP contribution is -2.13. The first kappa shape index (κ1) is 11.0. The maximum absolute atomic E-state index is 11.0. The van der Waals surface area contributed by atoms with Crippen LogP contribution >= 0.6 is 0 Å². The molecule has 0 aromatic carbocycles. The molecule has 1 rings (SSSR count). The van der Waals surface area contributed by atoms with E-state index in [0.717, 1.165) is 12.0 Å². The van der Waals surface area contributed by atoms with Crippen molar-refractivity contribution >= 4 is 5.97 Å². The van der Waals surface area contributed by atoms with Crippen LogP contribution in [0.1, 0.15) is 26.2 Å². The molecule has 0 aliphatic heterocycles. The van der Waals surface area contributed by atoms with Gasteiger partial charge in [0.1, 0.15) is 0 Å². The van der Waals surface area contributed by atoms with Crippen LogP contribution < -0.4 is 0 Å². The van der Waals surface area contributed by atoms with Gasteiger partial charge in [0.25, 0.3) is 0 Å². The smallest absolute Gasteiger partial charge is 0.305 e. The fourth-order valence-electron chi connectivity index (χ4n) is 1.38. The van der Waals surface area contributed by atoms with Crippen LogP contribution in [0.4, 0.5) is 0 Å². The normalized spacial score (nSPS) is 16.6. The highest BCUT2D eigenvalue weighted by molar-refractivity contribution is 5.69. The molecule has 1 aliphatic carbocycles. The van der Waals surface area contributed by atoms with E-state index in [-0.39, 0.29) is 12.4 Å². The lowest BCUT2D eigenvalue weighted by atomic mass is 10.0. The van der Waals surface area contributed by atoms with Crippen molar-refractivity contribution < 1.29 is 14.6 Å². The first-order chi connectivity index (χ1) is 6.74. The van der Waals surface area contributed by atoms with E-state index in [1.165, 1.54) is 0 Å². The molecule has 0 aromatic heterocycles. The van der Waals surface area contributed by atoms with Crippen LogP contribution in [0.25, 0.3) is 0 Å². The van der Waals surface area contributed by atoms with Crippen LogP contribution in [0.5, 0.6) is 0 Å². The number of allylic oxidation sites excluding steroid dienone is 3. The van der Waals surface area contributed by atoms with Crippen molar-refractivity contribution in [2.24, 2.45) is 0 Å². The van der Waals surface area contributed by atoms with E-state index >= 15 is 0 Å². The Labute approximate surface area is 84.1 Å². The molecule has 0 saturated heterocycles. The molecule has 0 amide bonds. The molecule has 14 heavy (non-hydrogen) atoms. The molecule has 0 bridgehead atoms. The summed E-state index contributed by atoms with van der Waals surface area (Å²) >= 11 is 0. The SMILES string of the molecule is CCOC(=O)CC[C@@H](O)C1=CC=CC1. The summed E-state index contributed by atoms with van der Waals surface area (Å²) < 4.78 is 4.77. The number of rotatable bonds is 5. The predicted octanol–water partition coefficient (Wildman–Crippen LogP) is 1.58. The molecule has 3 nitrogen and oxygen atoms in total. The van der Waals surface area contributed by atoms with Crippen LogP contribution in [0.15, 0.2) is 23.8 Å². The van der Waals surface area contributed by atoms with Crippen LogP contribution in [0, 0.1) is 0 Å². The third-order valence-electron chi connectivity index (χ3n) is 2.16. The average molecular weight is 196 g/mol. The van der Waals surface area contributed by atoms with Crippen molar-refractivity contribution in [3.63, 3.8) is 0 Å². The molecular weight excluding hydrogens is 180 g/mol. The second-order valence-corrected chi connectivity index (χ2v) is 3.23. The van der Waals surface area contributed by atoms with Crippen molar-refractivity contribution in [3.05, 3.63) is 23.8 Å². The standard InChI is InChI=1S/C11H16O3/c1-2-14-11(13)8-7-10(12)9-5-3-4-6-9/h3-5,10,12H,2,6-8H2,1H3/t10-/m1/s1. The summed E-state index contributed by atoms with van der Waals surface area (Å²) in [4.78, 5) is 11.0. The summed E-state index contributed by atoms with van der Waals surface area (Å²) in [6.45, 7) is 2.18. The Bertz CT molecular complexity index is 253. The third kappa shape index (κ3) is 3.34. The monoisotopic (exact) mass is 196 g/mol. The van der Waals surface area contributed by atoms with E-state index in [0.29, 0.717) is 13.0 Å². The molecule has 1 atom stereocenters. The number of carbonyl (C=O) groups is 1. The van der Waals surface area contributed by atoms with Crippen molar-refractivity contribution in [3.8, 4) is 0 Å². The third-order valence-corrected chi connectivity index (χ3v) is 2.16. The van der Waals surface area contributed by atoms with Crippen LogP contribution in [0.2, 0.25) is 0 Å². The van der Waals surface area contributed by atoms with E-state index < -0.39 is 6.10 Å². The second kappa shape index (κ2) is 5.60. The van der Waals surface area contributed by atoms with Gasteiger partial charge in [-0.25, -0.2) is 0 Å². The number of carbonyl (C=O) groups excluding carboxylic acids is 1. The fraction of sp³-hybridized carbons (Fsp3) is 0.545. The topological polar surface area (TPSA) is 46.5 Å². The van der Waals surface area contributed by atoms with Crippen molar-refractivity contribution in [2.45, 2.75) is 32.3 Å². The van der Waals surface area contributed by atoms with E-state index in [2.05, 4.69) is 0 Å². The summed E-state index contributed by atoms with van der Waals surface area (Å²) in [7, 11) is 0. The predicted molar refractivity (Wildman–Crippen MR) is 53.7 cm³/mol. The Hall–Kier alpha value is -1.09. The number of hydrogen-bond donors (Lipinski definition) is 1. The first-order valence-electron chi connectivity index (χ1n) is 4.93. The van der Waals surface area contributed by atoms with Gasteiger partial charge < -0.3 is 9.84 Å². The highest BCUT2D eigenvalue weighted by Crippen LogP contribution is 2.18. The zero-order valence-electron chi connectivity index (χ0n) is 8.40. The van der Waals surface area contributed by atoms with Gasteiger partial charge in [-0.05, 0) is 25.3 Å². The number of hydrogen-bond acceptors (Lipinski definition) is 3. The Morgan fingerprint density at radius 3 is 3.07 bits per heavy atom. The minimum absolute atomic E-state index is 0.238. The number of aliphatic hydroxyl groups excluding tert-OH is 1. The van der Waals surface area contributed by atoms with Gasteiger partial charge in [-0.3, -0.25) is 4.79 Å². The van der Waals surface area contributed by atoms with E-state index in [1.54, 1.807) is 6.92 Å². The molecular formula is C11H16O3. The quantitative estimate of drug-likeness (QED) is 0.679. The molecule has 0 fully saturated rings. The first-order valence-corrected chi connectivity index (χ1v) is 4.93. The summed E-state index contributed by atoms with van der Waals surface area (Å²) in [5.41, 5.74) is 0.981. The van der Waals surface area contributed by atoms with Gasteiger partial charge in [0.2, 0.25) is 0 Å². The highest BCUT2D eigenvalue weighted by Gasteiger charge is 2.13. The van der Waals surface area contributed by atoms with E-state index in [4.69, 9.17) is 4.74 Å². The minimum Gasteiger partial charge on any atom is -0.466 e. The molecule has 0 radical (unpaired) electrons. The van der Waals surface area contributed by atoms with E-state index in [1.807, 2.05) is 18.2 Å². The zero-order valence-corrected chi connectivity index (χ0v) is 8.40. The summed E-state index contributed by atoms with van der Waals surface area (Å²) in [5.74, 6) is -0.238. The fourth-order valence-corrected chi connectivity index (χ4v) is 1.38. The lowest BCUT2D eigenvalue weighted by Gasteiger charge is -2.10. The maximum Gasteiger partial charge on any atom is 0.305 e. The molecule has 1 N–H and O–H groups in total. The van der Waals surface area contributed by atoms with Gasteiger partial charge in [-0.15, -0.1) is 0 Å². The Kier molecular flexibility index (Phi) is 4.40. The largest absolute Gasteiger partial charge is 0.466 e. The zero-order chi connectivity index (χ0) is 10.4. The molecule has 1 aliphatic rings. The van der Waals surface area contributed by atoms with Gasteiger partial charge >= 0.3 is 5.97 Å². The Morgan fingerprint density at radius 2 is 2.50 bits per heavy atom. The Balaban J connectivity index is 2.21. The molecule has 0 spiro atoms. The summed E-state index contributed by atoms with van der Waals surface area (Å²) in [5, 5.41) is 9.65. The average Bonchev–Trinajstić information content (AvgIpc) is 2.67. The molecule has 78 valence electrons. The highest BCUT2D eigenvalue weighted by atomic mass is 16.5. The van der Waals surface area contributed by atoms with Gasteiger partial charge in [-0.1, -0.05) is 18.2 Å². The van der Waals surface area contributed by atoms with Gasteiger partial charge in [0.15, 0.2) is 0 Å². The minimum atomic E-state index is -0.505. The van der Waals surface area contributed by atoms with Crippen LogP contribution in [-0.2, 0) is 9.53 Å². The number of aliphatic hydroxyl groups is 1. The number of esters is 1. The molecule has 0 unspecified atom stereocenters. The molecule has 3 heteroatoms. The van der Waals surface area contributed by atoms with Crippen molar-refractivity contribution in [1.82, 2.24) is 0 Å². The van der Waals surface area contributed by atoms with Crippen LogP contribution in [0.3, 0.4) is 0 Å². The summed E-state index contributed by atoms with van der Waals surface area (Å²) in [6.07, 6.45) is 6.83.